The number of hydrogen-bond donors (Lipinski definition) is 0. The Bertz CT molecular complexity index is 398. The molecule has 3 heterocycles. The van der Waals surface area contributed by atoms with E-state index in [0.29, 0.717) is 18.4 Å². The minimum atomic E-state index is 0.305. The Labute approximate surface area is 112 Å². The summed E-state index contributed by atoms with van der Waals surface area (Å²) in [7, 11) is 0. The van der Waals surface area contributed by atoms with Crippen LogP contribution in [0, 0.1) is 0 Å². The highest BCUT2D eigenvalue weighted by atomic mass is 32.1. The number of hydrogen-bond acceptors (Lipinski definition) is 3. The van der Waals surface area contributed by atoms with Gasteiger partial charge in [-0.3, -0.25) is 9.69 Å². The summed E-state index contributed by atoms with van der Waals surface area (Å²) < 4.78 is 0. The third kappa shape index (κ3) is 2.59. The molecule has 1 unspecified atom stereocenters. The summed E-state index contributed by atoms with van der Waals surface area (Å²) in [5, 5.41) is 2.04. The van der Waals surface area contributed by atoms with Gasteiger partial charge in [0.25, 0.3) is 0 Å². The zero-order valence-corrected chi connectivity index (χ0v) is 11.5. The average molecular weight is 264 g/mol. The normalized spacial score (nSPS) is 24.9. The first-order valence-electron chi connectivity index (χ1n) is 6.87. The average Bonchev–Trinajstić information content (AvgIpc) is 3.11. The van der Waals surface area contributed by atoms with Crippen molar-refractivity contribution in [2.24, 2.45) is 0 Å². The van der Waals surface area contributed by atoms with Crippen LogP contribution in [0.2, 0.25) is 0 Å². The fourth-order valence-corrected chi connectivity index (χ4v) is 3.74. The predicted octanol–water partition coefficient (Wildman–Crippen LogP) is 1.99. The molecule has 2 aliphatic heterocycles. The molecular weight excluding hydrogens is 244 g/mol. The predicted molar refractivity (Wildman–Crippen MR) is 73.8 cm³/mol. The van der Waals surface area contributed by atoms with Crippen LogP contribution in [0.25, 0.3) is 0 Å². The lowest BCUT2D eigenvalue weighted by atomic mass is 10.2. The number of likely N-dealkylation sites (tertiary alicyclic amines) is 2. The van der Waals surface area contributed by atoms with Gasteiger partial charge < -0.3 is 4.90 Å². The SMILES string of the molecule is O=C(Cc1cccs1)N1CCC(N2CCCC2)C1. The first-order valence-corrected chi connectivity index (χ1v) is 7.75. The van der Waals surface area contributed by atoms with Crippen LogP contribution in [0.5, 0.6) is 0 Å². The number of rotatable bonds is 3. The smallest absolute Gasteiger partial charge is 0.227 e. The molecule has 0 spiro atoms. The van der Waals surface area contributed by atoms with E-state index < -0.39 is 0 Å². The van der Waals surface area contributed by atoms with Crippen LogP contribution in [0.15, 0.2) is 17.5 Å². The Balaban J connectivity index is 1.53. The molecule has 4 heteroatoms. The Morgan fingerprint density at radius 3 is 2.89 bits per heavy atom. The van der Waals surface area contributed by atoms with Crippen molar-refractivity contribution in [2.75, 3.05) is 26.2 Å². The maximum absolute atomic E-state index is 12.2. The Hall–Kier alpha value is -0.870. The second-order valence-corrected chi connectivity index (χ2v) is 6.31. The molecule has 1 atom stereocenters. The molecule has 0 saturated carbocycles. The molecule has 0 bridgehead atoms. The van der Waals surface area contributed by atoms with E-state index in [0.717, 1.165) is 19.5 Å². The topological polar surface area (TPSA) is 23.6 Å². The summed E-state index contributed by atoms with van der Waals surface area (Å²) in [6, 6.07) is 4.70. The Morgan fingerprint density at radius 2 is 2.17 bits per heavy atom. The quantitative estimate of drug-likeness (QED) is 0.833. The van der Waals surface area contributed by atoms with Gasteiger partial charge in [-0.1, -0.05) is 6.07 Å². The largest absolute Gasteiger partial charge is 0.341 e. The van der Waals surface area contributed by atoms with Crippen LogP contribution >= 0.6 is 11.3 Å². The van der Waals surface area contributed by atoms with Crippen LogP contribution in [0.3, 0.4) is 0 Å². The van der Waals surface area contributed by atoms with Crippen LogP contribution < -0.4 is 0 Å². The van der Waals surface area contributed by atoms with Gasteiger partial charge in [-0.2, -0.15) is 0 Å². The lowest BCUT2D eigenvalue weighted by molar-refractivity contribution is -0.129. The van der Waals surface area contributed by atoms with E-state index in [9.17, 15) is 4.79 Å². The molecule has 2 fully saturated rings. The first-order chi connectivity index (χ1) is 8.83. The standard InChI is InChI=1S/C14H20N2OS/c17-14(10-13-4-3-9-18-13)16-8-5-12(11-16)15-6-1-2-7-15/h3-4,9,12H,1-2,5-8,10-11H2. The summed E-state index contributed by atoms with van der Waals surface area (Å²) in [5.41, 5.74) is 0. The summed E-state index contributed by atoms with van der Waals surface area (Å²) in [6.07, 6.45) is 4.42. The molecule has 3 nitrogen and oxygen atoms in total. The van der Waals surface area contributed by atoms with E-state index in [-0.39, 0.29) is 0 Å². The van der Waals surface area contributed by atoms with Gasteiger partial charge in [0.2, 0.25) is 5.91 Å². The number of amides is 1. The van der Waals surface area contributed by atoms with E-state index in [1.165, 1.54) is 30.8 Å². The Morgan fingerprint density at radius 1 is 1.33 bits per heavy atom. The highest BCUT2D eigenvalue weighted by Gasteiger charge is 2.31. The van der Waals surface area contributed by atoms with E-state index >= 15 is 0 Å². The van der Waals surface area contributed by atoms with E-state index in [4.69, 9.17) is 0 Å². The minimum absolute atomic E-state index is 0.305. The van der Waals surface area contributed by atoms with Gasteiger partial charge in [-0.05, 0) is 43.8 Å². The molecule has 98 valence electrons. The van der Waals surface area contributed by atoms with Gasteiger partial charge in [0.05, 0.1) is 6.42 Å². The molecule has 1 amide bonds. The third-order valence-corrected chi connectivity index (χ3v) is 4.96. The second kappa shape index (κ2) is 5.41. The molecule has 0 aliphatic carbocycles. The number of thiophene rings is 1. The van der Waals surface area contributed by atoms with Crippen molar-refractivity contribution in [3.63, 3.8) is 0 Å². The summed E-state index contributed by atoms with van der Waals surface area (Å²) >= 11 is 1.68. The van der Waals surface area contributed by atoms with E-state index in [2.05, 4.69) is 15.9 Å². The number of carbonyl (C=O) groups excluding carboxylic acids is 1. The van der Waals surface area contributed by atoms with E-state index in [1.807, 2.05) is 11.4 Å². The molecule has 2 saturated heterocycles. The van der Waals surface area contributed by atoms with Crippen molar-refractivity contribution in [2.45, 2.75) is 31.7 Å². The van der Waals surface area contributed by atoms with Gasteiger partial charge in [0.15, 0.2) is 0 Å². The monoisotopic (exact) mass is 264 g/mol. The minimum Gasteiger partial charge on any atom is -0.341 e. The van der Waals surface area contributed by atoms with Gasteiger partial charge in [0, 0.05) is 24.0 Å². The van der Waals surface area contributed by atoms with Crippen molar-refractivity contribution < 1.29 is 4.79 Å². The molecule has 1 aromatic heterocycles. The molecule has 1 aromatic rings. The fraction of sp³-hybridized carbons (Fsp3) is 0.643. The fourth-order valence-electron chi connectivity index (χ4n) is 3.05. The van der Waals surface area contributed by atoms with Gasteiger partial charge in [-0.15, -0.1) is 11.3 Å². The maximum atomic E-state index is 12.2. The van der Waals surface area contributed by atoms with Gasteiger partial charge in [0.1, 0.15) is 0 Å². The van der Waals surface area contributed by atoms with Crippen LogP contribution in [0.1, 0.15) is 24.1 Å². The van der Waals surface area contributed by atoms with Crippen molar-refractivity contribution >= 4 is 17.2 Å². The zero-order chi connectivity index (χ0) is 12.4. The Kier molecular flexibility index (Phi) is 3.66. The van der Waals surface area contributed by atoms with Crippen LogP contribution in [0.4, 0.5) is 0 Å². The van der Waals surface area contributed by atoms with Crippen molar-refractivity contribution in [3.8, 4) is 0 Å². The second-order valence-electron chi connectivity index (χ2n) is 5.28. The molecule has 2 aliphatic rings. The molecule has 18 heavy (non-hydrogen) atoms. The lowest BCUT2D eigenvalue weighted by Gasteiger charge is -2.23. The highest BCUT2D eigenvalue weighted by molar-refractivity contribution is 7.10. The molecule has 0 aromatic carbocycles. The van der Waals surface area contributed by atoms with Gasteiger partial charge in [-0.25, -0.2) is 0 Å². The molecular formula is C14H20N2OS. The van der Waals surface area contributed by atoms with Crippen LogP contribution in [-0.2, 0) is 11.2 Å². The highest BCUT2D eigenvalue weighted by Crippen LogP contribution is 2.21. The van der Waals surface area contributed by atoms with E-state index in [1.54, 1.807) is 11.3 Å². The summed E-state index contributed by atoms with van der Waals surface area (Å²) in [4.78, 5) is 18.0. The van der Waals surface area contributed by atoms with Crippen LogP contribution in [-0.4, -0.2) is 47.9 Å². The first kappa shape index (κ1) is 12.2. The summed E-state index contributed by atoms with van der Waals surface area (Å²) in [6.45, 7) is 4.37. The third-order valence-electron chi connectivity index (χ3n) is 4.08. The number of nitrogens with zero attached hydrogens (tertiary/aromatic N) is 2. The molecule has 0 N–H and O–H groups in total. The molecule has 0 radical (unpaired) electrons. The zero-order valence-electron chi connectivity index (χ0n) is 10.7. The maximum Gasteiger partial charge on any atom is 0.227 e. The van der Waals surface area contributed by atoms with Crippen molar-refractivity contribution in [1.82, 2.24) is 9.80 Å². The summed E-state index contributed by atoms with van der Waals surface area (Å²) in [5.74, 6) is 0.305. The van der Waals surface area contributed by atoms with Crippen molar-refractivity contribution in [3.05, 3.63) is 22.4 Å². The molecule has 3 rings (SSSR count). The number of carbonyl (C=O) groups is 1. The van der Waals surface area contributed by atoms with Gasteiger partial charge >= 0.3 is 0 Å². The lowest BCUT2D eigenvalue weighted by Crippen LogP contribution is -2.37. The van der Waals surface area contributed by atoms with Crippen molar-refractivity contribution in [1.29, 1.82) is 0 Å².